The van der Waals surface area contributed by atoms with Gasteiger partial charge in [-0.3, -0.25) is 14.2 Å². The van der Waals surface area contributed by atoms with Gasteiger partial charge < -0.3 is 19.9 Å². The maximum absolute atomic E-state index is 12.8. The Kier molecular flexibility index (Phi) is 6.26. The number of H-pyrrole nitrogens is 1. The molecule has 1 saturated carbocycles. The number of rotatable bonds is 5. The predicted octanol–water partition coefficient (Wildman–Crippen LogP) is 3.72. The van der Waals surface area contributed by atoms with Crippen molar-refractivity contribution in [3.63, 3.8) is 0 Å². The number of benzene rings is 2. The molecular formula is C25H30N4O4. The Morgan fingerprint density at radius 1 is 1.12 bits per heavy atom. The zero-order valence-corrected chi connectivity index (χ0v) is 19.5. The summed E-state index contributed by atoms with van der Waals surface area (Å²) in [6.45, 7) is 1.96. The molecule has 3 aromatic rings. The van der Waals surface area contributed by atoms with Crippen LogP contribution < -0.4 is 15.7 Å². The fourth-order valence-electron chi connectivity index (χ4n) is 4.67. The number of aryl methyl sites for hydroxylation is 1. The molecule has 8 nitrogen and oxygen atoms in total. The summed E-state index contributed by atoms with van der Waals surface area (Å²) >= 11 is 0. The summed E-state index contributed by atoms with van der Waals surface area (Å²) in [5, 5.41) is 3.00. The Hall–Kier alpha value is -3.55. The molecule has 1 aliphatic rings. The second kappa shape index (κ2) is 9.13. The van der Waals surface area contributed by atoms with E-state index in [9.17, 15) is 14.4 Å². The van der Waals surface area contributed by atoms with Crippen molar-refractivity contribution < 1.29 is 14.3 Å². The summed E-state index contributed by atoms with van der Waals surface area (Å²) < 4.78 is 7.09. The smallest absolute Gasteiger partial charge is 0.326 e. The van der Waals surface area contributed by atoms with Gasteiger partial charge in [-0.1, -0.05) is 12.1 Å². The molecule has 0 spiro atoms. The summed E-state index contributed by atoms with van der Waals surface area (Å²) in [7, 11) is 4.99. The van der Waals surface area contributed by atoms with Crippen molar-refractivity contribution >= 4 is 28.5 Å². The Bertz CT molecular complexity index is 1250. The van der Waals surface area contributed by atoms with Crippen molar-refractivity contribution in [2.75, 3.05) is 26.5 Å². The highest BCUT2D eigenvalue weighted by atomic mass is 16.5. The van der Waals surface area contributed by atoms with Gasteiger partial charge in [-0.25, -0.2) is 4.79 Å². The van der Waals surface area contributed by atoms with Gasteiger partial charge in [-0.05, 0) is 56.4 Å². The zero-order valence-electron chi connectivity index (χ0n) is 19.5. The third-order valence-corrected chi connectivity index (χ3v) is 6.50. The first kappa shape index (κ1) is 22.6. The Morgan fingerprint density at radius 2 is 1.85 bits per heavy atom. The molecule has 1 heterocycles. The molecule has 0 bridgehead atoms. The number of amides is 2. The number of ether oxygens (including phenoxy) is 1. The molecule has 1 aromatic heterocycles. The van der Waals surface area contributed by atoms with Crippen molar-refractivity contribution in [1.29, 1.82) is 0 Å². The minimum Gasteiger partial charge on any atom is -0.496 e. The summed E-state index contributed by atoms with van der Waals surface area (Å²) in [6.07, 6.45) is 2.81. The molecule has 33 heavy (non-hydrogen) atoms. The van der Waals surface area contributed by atoms with Gasteiger partial charge in [0.05, 0.1) is 23.7 Å². The largest absolute Gasteiger partial charge is 0.496 e. The van der Waals surface area contributed by atoms with E-state index in [1.807, 2.05) is 31.2 Å². The van der Waals surface area contributed by atoms with Gasteiger partial charge in [0.1, 0.15) is 5.75 Å². The number of hydrogen-bond donors (Lipinski definition) is 2. The molecule has 0 radical (unpaired) electrons. The van der Waals surface area contributed by atoms with Gasteiger partial charge in [-0.15, -0.1) is 0 Å². The summed E-state index contributed by atoms with van der Waals surface area (Å²) in [5.41, 5.74) is 3.28. The quantitative estimate of drug-likeness (QED) is 0.619. The maximum Gasteiger partial charge on any atom is 0.326 e. The number of nitrogens with zero attached hydrogens (tertiary/aromatic N) is 2. The molecule has 4 rings (SSSR count). The molecule has 8 heteroatoms. The highest BCUT2D eigenvalue weighted by Gasteiger charge is 2.29. The Labute approximate surface area is 192 Å². The topological polar surface area (TPSA) is 96.4 Å². The first-order chi connectivity index (χ1) is 15.8. The highest BCUT2D eigenvalue weighted by Crippen LogP contribution is 2.34. The monoisotopic (exact) mass is 450 g/mol. The van der Waals surface area contributed by atoms with Gasteiger partial charge in [0.2, 0.25) is 5.91 Å². The number of aromatic nitrogens is 2. The number of imidazole rings is 1. The van der Waals surface area contributed by atoms with E-state index in [-0.39, 0.29) is 29.5 Å². The fraction of sp³-hybridized carbons (Fsp3) is 0.400. The number of aromatic amines is 1. The van der Waals surface area contributed by atoms with Crippen molar-refractivity contribution in [2.24, 2.45) is 5.92 Å². The third kappa shape index (κ3) is 4.37. The molecule has 0 unspecified atom stereocenters. The van der Waals surface area contributed by atoms with E-state index in [1.54, 1.807) is 37.9 Å². The first-order valence-electron chi connectivity index (χ1n) is 11.2. The second-order valence-corrected chi connectivity index (χ2v) is 8.88. The van der Waals surface area contributed by atoms with E-state index in [4.69, 9.17) is 4.74 Å². The number of methoxy groups -OCH3 is 1. The zero-order chi connectivity index (χ0) is 23.7. The minimum absolute atomic E-state index is 0.00973. The average molecular weight is 451 g/mol. The van der Waals surface area contributed by atoms with E-state index >= 15 is 0 Å². The van der Waals surface area contributed by atoms with Crippen LogP contribution in [0.5, 0.6) is 5.75 Å². The van der Waals surface area contributed by atoms with Crippen molar-refractivity contribution in [2.45, 2.75) is 38.6 Å². The Balaban J connectivity index is 1.48. The lowest BCUT2D eigenvalue weighted by Gasteiger charge is -2.28. The Morgan fingerprint density at radius 3 is 2.52 bits per heavy atom. The lowest BCUT2D eigenvalue weighted by molar-refractivity contribution is -0.121. The molecule has 0 atom stereocenters. The molecule has 0 aliphatic heterocycles. The van der Waals surface area contributed by atoms with Crippen LogP contribution in [-0.2, 0) is 4.79 Å². The molecule has 174 valence electrons. The van der Waals surface area contributed by atoms with Crippen molar-refractivity contribution in [3.05, 3.63) is 58.0 Å². The van der Waals surface area contributed by atoms with Gasteiger partial charge in [-0.2, -0.15) is 0 Å². The van der Waals surface area contributed by atoms with Gasteiger partial charge in [0, 0.05) is 37.8 Å². The van der Waals surface area contributed by atoms with Gasteiger partial charge >= 0.3 is 5.69 Å². The first-order valence-corrected chi connectivity index (χ1v) is 11.2. The molecular weight excluding hydrogens is 420 g/mol. The summed E-state index contributed by atoms with van der Waals surface area (Å²) in [5.74, 6) is 0.467. The number of anilines is 1. The van der Waals surface area contributed by atoms with Crippen LogP contribution in [0.15, 0.2) is 41.2 Å². The summed E-state index contributed by atoms with van der Waals surface area (Å²) in [4.78, 5) is 42.6. The van der Waals surface area contributed by atoms with Crippen LogP contribution in [0, 0.1) is 12.8 Å². The number of carbonyl (C=O) groups excluding carboxylic acids is 2. The number of hydrogen-bond acceptors (Lipinski definition) is 4. The normalized spacial score (nSPS) is 18.2. The molecule has 2 amide bonds. The van der Waals surface area contributed by atoms with E-state index in [0.29, 0.717) is 36.8 Å². The van der Waals surface area contributed by atoms with E-state index in [2.05, 4.69) is 10.3 Å². The van der Waals surface area contributed by atoms with Crippen LogP contribution in [0.25, 0.3) is 11.0 Å². The van der Waals surface area contributed by atoms with Crippen LogP contribution in [0.3, 0.4) is 0 Å². The molecule has 0 saturated heterocycles. The van der Waals surface area contributed by atoms with Crippen LogP contribution in [0.4, 0.5) is 5.69 Å². The highest BCUT2D eigenvalue weighted by molar-refractivity contribution is 6.04. The number of carbonyl (C=O) groups is 2. The molecule has 1 aliphatic carbocycles. The maximum atomic E-state index is 12.8. The van der Waals surface area contributed by atoms with E-state index < -0.39 is 0 Å². The second-order valence-electron chi connectivity index (χ2n) is 8.88. The van der Waals surface area contributed by atoms with E-state index in [0.717, 1.165) is 22.5 Å². The fourth-order valence-corrected chi connectivity index (χ4v) is 4.67. The van der Waals surface area contributed by atoms with Crippen LogP contribution in [-0.4, -0.2) is 47.5 Å². The SMILES string of the molecule is COc1cc(NC(=O)[C@H]2CC[C@@H](n3c(=O)[nH]c4c(C(=O)N(C)C)cccc43)CC2)ccc1C. The van der Waals surface area contributed by atoms with Crippen molar-refractivity contribution in [3.8, 4) is 5.75 Å². The van der Waals surface area contributed by atoms with Gasteiger partial charge in [0.15, 0.2) is 0 Å². The number of fused-ring (bicyclic) bond motifs is 1. The van der Waals surface area contributed by atoms with Crippen LogP contribution in [0.2, 0.25) is 0 Å². The number of nitrogens with one attached hydrogen (secondary N) is 2. The number of para-hydroxylation sites is 1. The van der Waals surface area contributed by atoms with Crippen molar-refractivity contribution in [1.82, 2.24) is 14.5 Å². The van der Waals surface area contributed by atoms with Gasteiger partial charge in [0.25, 0.3) is 5.91 Å². The summed E-state index contributed by atoms with van der Waals surface area (Å²) in [6, 6.07) is 11.0. The van der Waals surface area contributed by atoms with Crippen LogP contribution >= 0.6 is 0 Å². The molecule has 1 fully saturated rings. The van der Waals surface area contributed by atoms with E-state index in [1.165, 1.54) is 4.90 Å². The standard InChI is InChI=1S/C25H30N4O4/c1-15-8-11-17(14-21(15)33-4)26-23(30)16-9-12-18(13-10-16)29-20-7-5-6-19(24(31)28(2)3)22(20)27-25(29)32/h5-8,11,14,16,18H,9-10,12-13H2,1-4H3,(H,26,30)(H,27,32)/t16-,18+. The predicted molar refractivity (Wildman–Crippen MR) is 128 cm³/mol. The molecule has 2 N–H and O–H groups in total. The average Bonchev–Trinajstić information content (AvgIpc) is 3.15. The lowest BCUT2D eigenvalue weighted by Crippen LogP contribution is -2.31. The third-order valence-electron chi connectivity index (χ3n) is 6.50. The lowest BCUT2D eigenvalue weighted by atomic mass is 9.85. The van der Waals surface area contributed by atoms with Crippen LogP contribution in [0.1, 0.15) is 47.6 Å². The molecule has 2 aromatic carbocycles. The minimum atomic E-state index is -0.219.